The van der Waals surface area contributed by atoms with E-state index in [-0.39, 0.29) is 10.9 Å². The molecule has 5 heteroatoms. The maximum absolute atomic E-state index is 11.4. The topological polar surface area (TPSA) is 52.3 Å². The minimum atomic E-state index is -1.71. The molecule has 3 nitrogen and oxygen atoms in total. The second kappa shape index (κ2) is 5.77. The molecule has 1 aromatic heterocycles. The second-order valence-corrected chi connectivity index (χ2v) is 12.1. The van der Waals surface area contributed by atoms with Crippen LogP contribution in [-0.2, 0) is 10.8 Å². The number of rotatable bonds is 5. The van der Waals surface area contributed by atoms with Gasteiger partial charge in [0.1, 0.15) is 0 Å². The molecule has 108 valence electrons. The van der Waals surface area contributed by atoms with E-state index in [4.69, 9.17) is 10.2 Å². The van der Waals surface area contributed by atoms with Crippen LogP contribution < -0.4 is 5.73 Å². The Hall–Kier alpha value is -0.653. The predicted octanol–water partition coefficient (Wildman–Crippen LogP) is 3.72. The maximum Gasteiger partial charge on any atom is 0.259 e. The molecule has 0 fully saturated rings. The number of hydrogen-bond donors (Lipinski definition) is 1. The van der Waals surface area contributed by atoms with Crippen molar-refractivity contribution < 1.29 is 9.22 Å². The Morgan fingerprint density at radius 1 is 1.42 bits per heavy atom. The lowest BCUT2D eigenvalue weighted by Crippen LogP contribution is -2.41. The van der Waals surface area contributed by atoms with Gasteiger partial charge in [0.2, 0.25) is 0 Å². The molecule has 0 saturated carbocycles. The van der Waals surface area contributed by atoms with Crippen molar-refractivity contribution in [2.24, 2.45) is 5.73 Å². The standard InChI is InChI=1S/C14H25NO2SSi/c1-10-9-18-12(13(15)16)11(10)7-8-17-19(5,6)14(2,3)4/h9H,7-8H2,1-6H3,(H2,15,16). The molecule has 0 atom stereocenters. The molecule has 0 aliphatic carbocycles. The van der Waals surface area contributed by atoms with Crippen molar-refractivity contribution in [2.45, 2.75) is 52.2 Å². The highest BCUT2D eigenvalue weighted by Crippen LogP contribution is 2.36. The predicted molar refractivity (Wildman–Crippen MR) is 84.4 cm³/mol. The van der Waals surface area contributed by atoms with Crippen LogP contribution >= 0.6 is 11.3 Å². The average Bonchev–Trinajstić information content (AvgIpc) is 2.58. The maximum atomic E-state index is 11.4. The van der Waals surface area contributed by atoms with Crippen molar-refractivity contribution in [1.82, 2.24) is 0 Å². The SMILES string of the molecule is Cc1csc(C(N)=O)c1CCO[Si](C)(C)C(C)(C)C. The summed E-state index contributed by atoms with van der Waals surface area (Å²) in [4.78, 5) is 12.0. The van der Waals surface area contributed by atoms with Crippen LogP contribution in [0.15, 0.2) is 5.38 Å². The smallest absolute Gasteiger partial charge is 0.259 e. The average molecular weight is 300 g/mol. The van der Waals surface area contributed by atoms with E-state index < -0.39 is 8.32 Å². The first kappa shape index (κ1) is 16.4. The number of thiophene rings is 1. The monoisotopic (exact) mass is 299 g/mol. The molecular weight excluding hydrogens is 274 g/mol. The minimum absolute atomic E-state index is 0.212. The minimum Gasteiger partial charge on any atom is -0.416 e. The van der Waals surface area contributed by atoms with Gasteiger partial charge in [-0.15, -0.1) is 11.3 Å². The van der Waals surface area contributed by atoms with E-state index in [0.29, 0.717) is 11.5 Å². The van der Waals surface area contributed by atoms with Crippen molar-refractivity contribution in [3.63, 3.8) is 0 Å². The highest BCUT2D eigenvalue weighted by atomic mass is 32.1. The molecule has 0 radical (unpaired) electrons. The number of nitrogens with two attached hydrogens (primary N) is 1. The number of primary amides is 1. The fraction of sp³-hybridized carbons (Fsp3) is 0.643. The van der Waals surface area contributed by atoms with Crippen LogP contribution in [0.4, 0.5) is 0 Å². The van der Waals surface area contributed by atoms with E-state index in [1.165, 1.54) is 11.3 Å². The number of carbonyl (C=O) groups is 1. The van der Waals surface area contributed by atoms with Crippen LogP contribution in [0.2, 0.25) is 18.1 Å². The quantitative estimate of drug-likeness (QED) is 0.842. The summed E-state index contributed by atoms with van der Waals surface area (Å²) < 4.78 is 6.15. The third-order valence-electron chi connectivity index (χ3n) is 3.95. The molecule has 19 heavy (non-hydrogen) atoms. The Bertz CT molecular complexity index is 461. The summed E-state index contributed by atoms with van der Waals surface area (Å²) in [5, 5.41) is 2.20. The zero-order valence-corrected chi connectivity index (χ0v) is 14.6. The summed E-state index contributed by atoms with van der Waals surface area (Å²) in [7, 11) is -1.71. The van der Waals surface area contributed by atoms with E-state index >= 15 is 0 Å². The second-order valence-electron chi connectivity index (χ2n) is 6.45. The van der Waals surface area contributed by atoms with Crippen molar-refractivity contribution in [2.75, 3.05) is 6.61 Å². The van der Waals surface area contributed by atoms with E-state index in [1.807, 2.05) is 12.3 Å². The summed E-state index contributed by atoms with van der Waals surface area (Å²) in [6.07, 6.45) is 0.764. The summed E-state index contributed by atoms with van der Waals surface area (Å²) in [6, 6.07) is 0. The molecule has 1 rings (SSSR count). The first-order chi connectivity index (χ1) is 8.56. The Morgan fingerprint density at radius 3 is 2.47 bits per heavy atom. The fourth-order valence-corrected chi connectivity index (χ4v) is 3.61. The van der Waals surface area contributed by atoms with Crippen molar-refractivity contribution in [3.8, 4) is 0 Å². The molecule has 0 aromatic carbocycles. The van der Waals surface area contributed by atoms with Gasteiger partial charge in [0.15, 0.2) is 8.32 Å². The largest absolute Gasteiger partial charge is 0.416 e. The molecule has 2 N–H and O–H groups in total. The molecule has 1 amide bonds. The van der Waals surface area contributed by atoms with Gasteiger partial charge in [0.25, 0.3) is 5.91 Å². The first-order valence-corrected chi connectivity index (χ1v) is 10.4. The van der Waals surface area contributed by atoms with Crippen LogP contribution in [0.1, 0.15) is 41.6 Å². The van der Waals surface area contributed by atoms with Gasteiger partial charge in [-0.25, -0.2) is 0 Å². The summed E-state index contributed by atoms with van der Waals surface area (Å²) in [5.74, 6) is -0.333. The van der Waals surface area contributed by atoms with Gasteiger partial charge in [0.05, 0.1) is 4.88 Å². The van der Waals surface area contributed by atoms with E-state index in [9.17, 15) is 4.79 Å². The van der Waals surface area contributed by atoms with Crippen LogP contribution in [0.5, 0.6) is 0 Å². The Kier molecular flexibility index (Phi) is 4.98. The van der Waals surface area contributed by atoms with E-state index in [0.717, 1.165) is 17.5 Å². The van der Waals surface area contributed by atoms with Crippen molar-refractivity contribution in [1.29, 1.82) is 0 Å². The molecule has 1 aromatic rings. The molecule has 1 heterocycles. The normalized spacial score (nSPS) is 12.7. The summed E-state index contributed by atoms with van der Waals surface area (Å²) >= 11 is 1.43. The number of amides is 1. The lowest BCUT2D eigenvalue weighted by Gasteiger charge is -2.36. The summed E-state index contributed by atoms with van der Waals surface area (Å²) in [5.41, 5.74) is 7.58. The molecular formula is C14H25NO2SSi. The van der Waals surface area contributed by atoms with Gasteiger partial charge in [-0.05, 0) is 48.0 Å². The van der Waals surface area contributed by atoms with Crippen LogP contribution in [-0.4, -0.2) is 20.8 Å². The highest BCUT2D eigenvalue weighted by Gasteiger charge is 2.36. The molecule has 0 saturated heterocycles. The third-order valence-corrected chi connectivity index (χ3v) is 9.64. The molecule has 0 spiro atoms. The van der Waals surface area contributed by atoms with Gasteiger partial charge in [-0.3, -0.25) is 4.79 Å². The van der Waals surface area contributed by atoms with Crippen molar-refractivity contribution >= 4 is 25.6 Å². The Labute approximate surface area is 121 Å². The van der Waals surface area contributed by atoms with Gasteiger partial charge >= 0.3 is 0 Å². The van der Waals surface area contributed by atoms with Crippen molar-refractivity contribution in [3.05, 3.63) is 21.4 Å². The van der Waals surface area contributed by atoms with Crippen LogP contribution in [0.25, 0.3) is 0 Å². The van der Waals surface area contributed by atoms with Gasteiger partial charge in [0, 0.05) is 6.61 Å². The lowest BCUT2D eigenvalue weighted by molar-refractivity contribution is 0.100. The fourth-order valence-electron chi connectivity index (χ4n) is 1.61. The molecule has 0 aliphatic rings. The van der Waals surface area contributed by atoms with Gasteiger partial charge in [-0.1, -0.05) is 20.8 Å². The van der Waals surface area contributed by atoms with Crippen LogP contribution in [0.3, 0.4) is 0 Å². The molecule has 0 aliphatic heterocycles. The molecule has 0 bridgehead atoms. The van der Waals surface area contributed by atoms with Gasteiger partial charge in [-0.2, -0.15) is 0 Å². The third kappa shape index (κ3) is 3.90. The molecule has 0 unspecified atom stereocenters. The number of carbonyl (C=O) groups excluding carboxylic acids is 1. The van der Waals surface area contributed by atoms with Crippen LogP contribution in [0, 0.1) is 6.92 Å². The highest BCUT2D eigenvalue weighted by molar-refractivity contribution is 7.12. The first-order valence-electron chi connectivity index (χ1n) is 6.57. The zero-order valence-electron chi connectivity index (χ0n) is 12.8. The lowest BCUT2D eigenvalue weighted by atomic mass is 10.1. The number of hydrogen-bond acceptors (Lipinski definition) is 3. The summed E-state index contributed by atoms with van der Waals surface area (Å²) in [6.45, 7) is 13.8. The van der Waals surface area contributed by atoms with Gasteiger partial charge < -0.3 is 10.2 Å². The Balaban J connectivity index is 2.69. The Morgan fingerprint density at radius 2 is 2.00 bits per heavy atom. The zero-order chi connectivity index (χ0) is 14.8. The van der Waals surface area contributed by atoms with E-state index in [1.54, 1.807) is 0 Å². The van der Waals surface area contributed by atoms with E-state index in [2.05, 4.69) is 33.9 Å². The number of aryl methyl sites for hydroxylation is 1.